The second-order valence-electron chi connectivity index (χ2n) is 7.18. The molecular weight excluding hydrogens is 282 g/mol. The molecule has 0 saturated heterocycles. The molecule has 4 nitrogen and oxygen atoms in total. The zero-order valence-electron chi connectivity index (χ0n) is 13.5. The van der Waals surface area contributed by atoms with E-state index in [2.05, 4.69) is 44.4 Å². The van der Waals surface area contributed by atoms with Crippen molar-refractivity contribution in [2.75, 3.05) is 5.32 Å². The molecule has 0 aliphatic carbocycles. The first kappa shape index (κ1) is 16.0. The topological polar surface area (TPSA) is 64.9 Å². The van der Waals surface area contributed by atoms with E-state index in [1.165, 1.54) is 11.3 Å². The van der Waals surface area contributed by atoms with Crippen LogP contribution in [0.2, 0.25) is 0 Å². The molecule has 1 aromatic heterocycles. The highest BCUT2D eigenvalue weighted by molar-refractivity contribution is 7.17. The summed E-state index contributed by atoms with van der Waals surface area (Å²) in [7, 11) is 0. The van der Waals surface area contributed by atoms with Gasteiger partial charge in [0.15, 0.2) is 0 Å². The van der Waals surface area contributed by atoms with E-state index in [1.807, 2.05) is 13.8 Å². The summed E-state index contributed by atoms with van der Waals surface area (Å²) in [6.45, 7) is 12.2. The van der Waals surface area contributed by atoms with Crippen molar-refractivity contribution in [3.63, 3.8) is 0 Å². The molecule has 2 N–H and O–H groups in total. The number of anilines is 1. The lowest BCUT2D eigenvalue weighted by atomic mass is 9.81. The number of carbonyl (C=O) groups excluding carboxylic acids is 1. The number of nitrogens with zero attached hydrogens (tertiary/aromatic N) is 1. The van der Waals surface area contributed by atoms with Gasteiger partial charge in [-0.2, -0.15) is 5.26 Å². The second kappa shape index (κ2) is 5.11. The van der Waals surface area contributed by atoms with Crippen molar-refractivity contribution in [1.82, 2.24) is 5.32 Å². The van der Waals surface area contributed by atoms with Crippen molar-refractivity contribution >= 4 is 22.2 Å². The average molecular weight is 305 g/mol. The predicted octanol–water partition coefficient (Wildman–Crippen LogP) is 3.37. The molecule has 0 spiro atoms. The van der Waals surface area contributed by atoms with Gasteiger partial charge < -0.3 is 10.6 Å². The third-order valence-electron chi connectivity index (χ3n) is 3.72. The minimum Gasteiger partial charge on any atom is -0.316 e. The average Bonchev–Trinajstić information content (AvgIpc) is 2.64. The summed E-state index contributed by atoms with van der Waals surface area (Å²) in [6.07, 6.45) is 0.794. The number of hydrogen-bond donors (Lipinski definition) is 2. The zero-order valence-corrected chi connectivity index (χ0v) is 14.4. The molecule has 1 aliphatic rings. The van der Waals surface area contributed by atoms with Crippen LogP contribution in [-0.2, 0) is 16.8 Å². The van der Waals surface area contributed by atoms with Crippen molar-refractivity contribution in [3.8, 4) is 6.07 Å². The molecule has 0 fully saturated rings. The lowest BCUT2D eigenvalue weighted by Crippen LogP contribution is -2.54. The molecule has 0 radical (unpaired) electrons. The Morgan fingerprint density at radius 2 is 2.00 bits per heavy atom. The van der Waals surface area contributed by atoms with Crippen LogP contribution in [0.15, 0.2) is 0 Å². The van der Waals surface area contributed by atoms with Gasteiger partial charge in [-0.05, 0) is 39.7 Å². The Morgan fingerprint density at radius 3 is 2.52 bits per heavy atom. The number of rotatable bonds is 2. The Bertz CT molecular complexity index is 620. The molecule has 0 bridgehead atoms. The Labute approximate surface area is 130 Å². The van der Waals surface area contributed by atoms with Gasteiger partial charge in [-0.1, -0.05) is 13.8 Å². The summed E-state index contributed by atoms with van der Waals surface area (Å²) in [5, 5.41) is 16.8. The highest BCUT2D eigenvalue weighted by atomic mass is 32.1. The number of amides is 1. The van der Waals surface area contributed by atoms with Crippen LogP contribution < -0.4 is 10.6 Å². The zero-order chi connectivity index (χ0) is 16.0. The van der Waals surface area contributed by atoms with E-state index in [-0.39, 0.29) is 22.9 Å². The Hall–Kier alpha value is -1.38. The van der Waals surface area contributed by atoms with Gasteiger partial charge >= 0.3 is 0 Å². The summed E-state index contributed by atoms with van der Waals surface area (Å²) in [5.74, 6) is -0.145. The van der Waals surface area contributed by atoms with Crippen LogP contribution >= 0.6 is 11.3 Å². The van der Waals surface area contributed by atoms with Crippen LogP contribution in [0.3, 0.4) is 0 Å². The maximum atomic E-state index is 12.0. The molecule has 114 valence electrons. The first-order valence-electron chi connectivity index (χ1n) is 7.24. The maximum Gasteiger partial charge on any atom is 0.227 e. The van der Waals surface area contributed by atoms with E-state index in [0.29, 0.717) is 10.6 Å². The van der Waals surface area contributed by atoms with Gasteiger partial charge in [0.05, 0.1) is 5.56 Å². The summed E-state index contributed by atoms with van der Waals surface area (Å²) in [4.78, 5) is 13.1. The second-order valence-corrected chi connectivity index (χ2v) is 8.20. The highest BCUT2D eigenvalue weighted by Gasteiger charge is 2.40. The number of nitriles is 1. The molecule has 0 unspecified atom stereocenters. The van der Waals surface area contributed by atoms with Gasteiger partial charge in [-0.25, -0.2) is 0 Å². The van der Waals surface area contributed by atoms with Crippen LogP contribution in [-0.4, -0.2) is 11.4 Å². The van der Waals surface area contributed by atoms with Gasteiger partial charge in [0, 0.05) is 21.9 Å². The molecule has 1 aromatic rings. The molecule has 21 heavy (non-hydrogen) atoms. The number of hydrogen-bond acceptors (Lipinski definition) is 4. The summed E-state index contributed by atoms with van der Waals surface area (Å²) >= 11 is 1.52. The van der Waals surface area contributed by atoms with Gasteiger partial charge in [0.2, 0.25) is 5.91 Å². The third kappa shape index (κ3) is 2.97. The first-order valence-corrected chi connectivity index (χ1v) is 8.05. The smallest absolute Gasteiger partial charge is 0.227 e. The molecule has 0 atom stereocenters. The minimum absolute atomic E-state index is 0.0462. The fourth-order valence-corrected chi connectivity index (χ4v) is 4.22. The number of nitrogens with one attached hydrogen (secondary N) is 2. The van der Waals surface area contributed by atoms with Crippen molar-refractivity contribution in [3.05, 3.63) is 16.0 Å². The van der Waals surface area contributed by atoms with Crippen LogP contribution in [0.1, 0.15) is 57.5 Å². The largest absolute Gasteiger partial charge is 0.316 e. The lowest BCUT2D eigenvalue weighted by molar-refractivity contribution is -0.118. The molecule has 5 heteroatoms. The van der Waals surface area contributed by atoms with Crippen LogP contribution in [0.5, 0.6) is 0 Å². The van der Waals surface area contributed by atoms with E-state index in [0.717, 1.165) is 16.9 Å². The maximum absolute atomic E-state index is 12.0. The van der Waals surface area contributed by atoms with E-state index in [1.54, 1.807) is 0 Å². The van der Waals surface area contributed by atoms with Crippen LogP contribution in [0.25, 0.3) is 0 Å². The molecule has 2 rings (SSSR count). The Balaban J connectivity index is 2.52. The first-order chi connectivity index (χ1) is 9.57. The van der Waals surface area contributed by atoms with Gasteiger partial charge in [0.25, 0.3) is 0 Å². The summed E-state index contributed by atoms with van der Waals surface area (Å²) in [5.41, 5.74) is 1.44. The molecule has 1 amide bonds. The standard InChI is InChI=1S/C16H23N3OS/c1-9(2)13(20)18-14-11(8-17)10-7-15(3,4)19-16(5,6)12(10)21-14/h9,19H,7H2,1-6H3,(H,18,20). The van der Waals surface area contributed by atoms with Gasteiger partial charge in [-0.3, -0.25) is 4.79 Å². The van der Waals surface area contributed by atoms with Crippen molar-refractivity contribution in [2.24, 2.45) is 5.92 Å². The molecule has 2 heterocycles. The van der Waals surface area contributed by atoms with E-state index in [4.69, 9.17) is 0 Å². The van der Waals surface area contributed by atoms with E-state index >= 15 is 0 Å². The third-order valence-corrected chi connectivity index (χ3v) is 5.19. The SMILES string of the molecule is CC(C)C(=O)Nc1sc2c(c1C#N)CC(C)(C)NC2(C)C. The minimum atomic E-state index is -0.200. The monoisotopic (exact) mass is 305 g/mol. The van der Waals surface area contributed by atoms with Crippen molar-refractivity contribution in [1.29, 1.82) is 5.26 Å². The lowest BCUT2D eigenvalue weighted by Gasteiger charge is -2.42. The number of fused-ring (bicyclic) bond motifs is 1. The van der Waals surface area contributed by atoms with E-state index < -0.39 is 0 Å². The fraction of sp³-hybridized carbons (Fsp3) is 0.625. The van der Waals surface area contributed by atoms with Gasteiger partial charge in [0.1, 0.15) is 11.1 Å². The molecular formula is C16H23N3OS. The van der Waals surface area contributed by atoms with Crippen LogP contribution in [0, 0.1) is 17.2 Å². The van der Waals surface area contributed by atoms with Crippen LogP contribution in [0.4, 0.5) is 5.00 Å². The number of carbonyl (C=O) groups is 1. The normalized spacial score (nSPS) is 19.0. The van der Waals surface area contributed by atoms with Crippen molar-refractivity contribution in [2.45, 2.75) is 59.0 Å². The van der Waals surface area contributed by atoms with E-state index in [9.17, 15) is 10.1 Å². The quantitative estimate of drug-likeness (QED) is 0.880. The van der Waals surface area contributed by atoms with Gasteiger partial charge in [-0.15, -0.1) is 11.3 Å². The van der Waals surface area contributed by atoms with Crippen molar-refractivity contribution < 1.29 is 4.79 Å². The molecule has 1 aliphatic heterocycles. The molecule has 0 saturated carbocycles. The molecule has 0 aromatic carbocycles. The predicted molar refractivity (Wildman–Crippen MR) is 86.4 cm³/mol. The Kier molecular flexibility index (Phi) is 3.90. The summed E-state index contributed by atoms with van der Waals surface area (Å²) in [6, 6.07) is 2.29. The Morgan fingerprint density at radius 1 is 1.38 bits per heavy atom. The highest BCUT2D eigenvalue weighted by Crippen LogP contribution is 2.44. The summed E-state index contributed by atoms with van der Waals surface area (Å²) < 4.78 is 0. The number of thiophene rings is 1. The fourth-order valence-electron chi connectivity index (χ4n) is 2.99.